The van der Waals surface area contributed by atoms with Crippen molar-refractivity contribution in [2.24, 2.45) is 5.92 Å². The highest BCUT2D eigenvalue weighted by molar-refractivity contribution is 5.64. The Morgan fingerprint density at radius 2 is 2.17 bits per heavy atom. The van der Waals surface area contributed by atoms with E-state index >= 15 is 0 Å². The third-order valence-corrected chi connectivity index (χ3v) is 3.38. The molecule has 5 heteroatoms. The summed E-state index contributed by atoms with van der Waals surface area (Å²) in [4.78, 5) is 10.5. The molecule has 0 atom stereocenters. The molecule has 1 saturated carbocycles. The van der Waals surface area contributed by atoms with Crippen molar-refractivity contribution in [2.75, 3.05) is 11.9 Å². The zero-order chi connectivity index (χ0) is 13.0. The first kappa shape index (κ1) is 12.4. The second-order valence-corrected chi connectivity index (χ2v) is 4.63. The minimum atomic E-state index is -0.447. The second-order valence-electron chi connectivity index (χ2n) is 4.63. The number of anilines is 1. The molecular weight excluding hydrogens is 230 g/mol. The van der Waals surface area contributed by atoms with Crippen molar-refractivity contribution in [2.45, 2.75) is 25.7 Å². The SMILES string of the molecule is N#Cc1ccc(NCC2CCCC2)c([N+](=O)[O-])c1. The second kappa shape index (κ2) is 5.50. The Kier molecular flexibility index (Phi) is 3.78. The van der Waals surface area contributed by atoms with Crippen LogP contribution in [-0.2, 0) is 0 Å². The van der Waals surface area contributed by atoms with Crippen LogP contribution in [-0.4, -0.2) is 11.5 Å². The van der Waals surface area contributed by atoms with Crippen LogP contribution in [0.15, 0.2) is 18.2 Å². The van der Waals surface area contributed by atoms with Crippen LogP contribution in [0, 0.1) is 27.4 Å². The number of nitriles is 1. The van der Waals surface area contributed by atoms with Gasteiger partial charge in [-0.25, -0.2) is 0 Å². The van der Waals surface area contributed by atoms with E-state index in [-0.39, 0.29) is 5.69 Å². The van der Waals surface area contributed by atoms with Gasteiger partial charge in [-0.15, -0.1) is 0 Å². The molecule has 0 unspecified atom stereocenters. The Bertz CT molecular complexity index is 487. The highest BCUT2D eigenvalue weighted by atomic mass is 16.6. The number of nitrogens with zero attached hydrogens (tertiary/aromatic N) is 2. The van der Waals surface area contributed by atoms with E-state index < -0.39 is 4.92 Å². The van der Waals surface area contributed by atoms with E-state index in [2.05, 4.69) is 5.32 Å². The number of rotatable bonds is 4. The van der Waals surface area contributed by atoms with Crippen LogP contribution in [0.1, 0.15) is 31.2 Å². The van der Waals surface area contributed by atoms with Gasteiger partial charge < -0.3 is 5.32 Å². The van der Waals surface area contributed by atoms with Crippen molar-refractivity contribution < 1.29 is 4.92 Å². The molecule has 94 valence electrons. The van der Waals surface area contributed by atoms with Gasteiger partial charge >= 0.3 is 0 Å². The minimum Gasteiger partial charge on any atom is -0.379 e. The van der Waals surface area contributed by atoms with E-state index in [9.17, 15) is 10.1 Å². The molecule has 18 heavy (non-hydrogen) atoms. The first-order valence-corrected chi connectivity index (χ1v) is 6.13. The van der Waals surface area contributed by atoms with Crippen LogP contribution in [0.3, 0.4) is 0 Å². The lowest BCUT2D eigenvalue weighted by atomic mass is 10.1. The molecule has 0 heterocycles. The van der Waals surface area contributed by atoms with Gasteiger partial charge in [-0.05, 0) is 30.9 Å². The number of hydrogen-bond acceptors (Lipinski definition) is 4. The standard InChI is InChI=1S/C13H15N3O2/c14-8-11-5-6-12(13(7-11)16(17)18)15-9-10-3-1-2-4-10/h5-7,10,15H,1-4,9H2. The molecule has 1 aromatic carbocycles. The largest absolute Gasteiger partial charge is 0.379 e. The number of nitro benzene ring substituents is 1. The maximum atomic E-state index is 10.9. The molecule has 0 saturated heterocycles. The predicted molar refractivity (Wildman–Crippen MR) is 68.3 cm³/mol. The molecule has 1 N–H and O–H groups in total. The molecule has 1 aromatic rings. The lowest BCUT2D eigenvalue weighted by Gasteiger charge is -2.11. The Labute approximate surface area is 106 Å². The number of nitro groups is 1. The van der Waals surface area contributed by atoms with Crippen molar-refractivity contribution in [3.8, 4) is 6.07 Å². The lowest BCUT2D eigenvalue weighted by molar-refractivity contribution is -0.384. The molecule has 2 rings (SSSR count). The summed E-state index contributed by atoms with van der Waals surface area (Å²) in [5.41, 5.74) is 0.797. The fraction of sp³-hybridized carbons (Fsp3) is 0.462. The van der Waals surface area contributed by atoms with Gasteiger partial charge in [-0.3, -0.25) is 10.1 Å². The van der Waals surface area contributed by atoms with Crippen molar-refractivity contribution in [3.63, 3.8) is 0 Å². The molecule has 0 spiro atoms. The quantitative estimate of drug-likeness (QED) is 0.653. The summed E-state index contributed by atoms with van der Waals surface area (Å²) in [7, 11) is 0. The van der Waals surface area contributed by atoms with Crippen molar-refractivity contribution >= 4 is 11.4 Å². The van der Waals surface area contributed by atoms with Crippen LogP contribution >= 0.6 is 0 Å². The summed E-state index contributed by atoms with van der Waals surface area (Å²) in [6.45, 7) is 0.771. The van der Waals surface area contributed by atoms with E-state index in [0.717, 1.165) is 6.54 Å². The molecule has 0 radical (unpaired) electrons. The first-order chi connectivity index (χ1) is 8.70. The first-order valence-electron chi connectivity index (χ1n) is 6.13. The highest BCUT2D eigenvalue weighted by Gasteiger charge is 2.18. The van der Waals surface area contributed by atoms with Gasteiger partial charge in [-0.1, -0.05) is 12.8 Å². The van der Waals surface area contributed by atoms with Crippen molar-refractivity contribution in [1.29, 1.82) is 5.26 Å². The number of nitrogens with one attached hydrogen (secondary N) is 1. The predicted octanol–water partition coefficient (Wildman–Crippen LogP) is 3.07. The topological polar surface area (TPSA) is 79.0 Å². The van der Waals surface area contributed by atoms with Crippen LogP contribution in [0.5, 0.6) is 0 Å². The van der Waals surface area contributed by atoms with Gasteiger partial charge in [0.15, 0.2) is 0 Å². The minimum absolute atomic E-state index is 0.0213. The van der Waals surface area contributed by atoms with E-state index in [0.29, 0.717) is 17.2 Å². The summed E-state index contributed by atoms with van der Waals surface area (Å²) in [6, 6.07) is 6.45. The average Bonchev–Trinajstić information content (AvgIpc) is 2.89. The molecule has 1 fully saturated rings. The summed E-state index contributed by atoms with van der Waals surface area (Å²) in [6.07, 6.45) is 4.89. The normalized spacial score (nSPS) is 15.3. The zero-order valence-corrected chi connectivity index (χ0v) is 10.1. The number of hydrogen-bond donors (Lipinski definition) is 1. The molecule has 0 bridgehead atoms. The third-order valence-electron chi connectivity index (χ3n) is 3.38. The Balaban J connectivity index is 2.11. The third kappa shape index (κ3) is 2.77. The van der Waals surface area contributed by atoms with E-state index in [1.165, 1.54) is 31.7 Å². The van der Waals surface area contributed by atoms with Crippen LogP contribution in [0.4, 0.5) is 11.4 Å². The van der Waals surface area contributed by atoms with Gasteiger partial charge in [0.25, 0.3) is 5.69 Å². The fourth-order valence-electron chi connectivity index (χ4n) is 2.37. The van der Waals surface area contributed by atoms with Gasteiger partial charge in [-0.2, -0.15) is 5.26 Å². The summed E-state index contributed by atoms with van der Waals surface area (Å²) >= 11 is 0. The van der Waals surface area contributed by atoms with Crippen molar-refractivity contribution in [3.05, 3.63) is 33.9 Å². The zero-order valence-electron chi connectivity index (χ0n) is 10.1. The average molecular weight is 245 g/mol. The smallest absolute Gasteiger partial charge is 0.293 e. The van der Waals surface area contributed by atoms with E-state index in [4.69, 9.17) is 5.26 Å². The van der Waals surface area contributed by atoms with Crippen molar-refractivity contribution in [1.82, 2.24) is 0 Å². The summed E-state index contributed by atoms with van der Waals surface area (Å²) in [5, 5.41) is 22.8. The van der Waals surface area contributed by atoms with Gasteiger partial charge in [0.1, 0.15) is 5.69 Å². The molecule has 1 aliphatic carbocycles. The number of benzene rings is 1. The Morgan fingerprint density at radius 1 is 1.44 bits per heavy atom. The van der Waals surface area contributed by atoms with Crippen LogP contribution in [0.25, 0.3) is 0 Å². The molecule has 0 aromatic heterocycles. The molecular formula is C13H15N3O2. The maximum Gasteiger partial charge on any atom is 0.293 e. The van der Waals surface area contributed by atoms with Gasteiger partial charge in [0.2, 0.25) is 0 Å². The van der Waals surface area contributed by atoms with Crippen LogP contribution < -0.4 is 5.32 Å². The highest BCUT2D eigenvalue weighted by Crippen LogP contribution is 2.28. The molecule has 1 aliphatic rings. The summed E-state index contributed by atoms with van der Waals surface area (Å²) < 4.78 is 0. The Morgan fingerprint density at radius 3 is 2.78 bits per heavy atom. The van der Waals surface area contributed by atoms with Gasteiger partial charge in [0, 0.05) is 12.6 Å². The molecule has 0 amide bonds. The lowest BCUT2D eigenvalue weighted by Crippen LogP contribution is -2.12. The molecule has 0 aliphatic heterocycles. The van der Waals surface area contributed by atoms with Gasteiger partial charge in [0.05, 0.1) is 16.6 Å². The van der Waals surface area contributed by atoms with E-state index in [1.54, 1.807) is 12.1 Å². The van der Waals surface area contributed by atoms with E-state index in [1.807, 2.05) is 6.07 Å². The fourth-order valence-corrected chi connectivity index (χ4v) is 2.37. The summed E-state index contributed by atoms with van der Waals surface area (Å²) in [5.74, 6) is 0.611. The molecule has 5 nitrogen and oxygen atoms in total. The van der Waals surface area contributed by atoms with Crippen LogP contribution in [0.2, 0.25) is 0 Å². The monoisotopic (exact) mass is 245 g/mol. The Hall–Kier alpha value is -2.09. The maximum absolute atomic E-state index is 10.9.